The minimum absolute atomic E-state index is 0.239. The van der Waals surface area contributed by atoms with Gasteiger partial charge in [0.15, 0.2) is 5.82 Å². The highest BCUT2D eigenvalue weighted by Gasteiger charge is 2.19. The maximum absolute atomic E-state index is 11.3. The SMILES string of the molecule is Cc1cc(C)cc(-c2nnc(S(N)(=O)=O)n2C)c1. The van der Waals surface area contributed by atoms with E-state index in [2.05, 4.69) is 10.2 Å². The number of hydrogen-bond acceptors (Lipinski definition) is 4. The van der Waals surface area contributed by atoms with Crippen LogP contribution in [0, 0.1) is 13.8 Å². The Labute approximate surface area is 106 Å². The fourth-order valence-corrected chi connectivity index (χ4v) is 2.54. The molecule has 0 fully saturated rings. The second kappa shape index (κ2) is 4.18. The van der Waals surface area contributed by atoms with Crippen LogP contribution in [0.15, 0.2) is 23.4 Å². The average molecular weight is 266 g/mol. The van der Waals surface area contributed by atoms with Crippen molar-refractivity contribution in [3.8, 4) is 11.4 Å². The van der Waals surface area contributed by atoms with Crippen molar-refractivity contribution in [2.45, 2.75) is 19.0 Å². The summed E-state index contributed by atoms with van der Waals surface area (Å²) < 4.78 is 24.0. The van der Waals surface area contributed by atoms with Crippen LogP contribution < -0.4 is 5.14 Å². The maximum Gasteiger partial charge on any atom is 0.273 e. The van der Waals surface area contributed by atoms with E-state index in [1.54, 1.807) is 7.05 Å². The number of sulfonamides is 1. The molecule has 0 atom stereocenters. The molecule has 1 aromatic heterocycles. The van der Waals surface area contributed by atoms with E-state index >= 15 is 0 Å². The molecule has 2 aromatic rings. The molecule has 2 N–H and O–H groups in total. The number of hydrogen-bond donors (Lipinski definition) is 1. The topological polar surface area (TPSA) is 90.9 Å². The Bertz CT molecular complexity index is 684. The molecule has 1 aromatic carbocycles. The van der Waals surface area contributed by atoms with E-state index in [0.717, 1.165) is 16.7 Å². The second-order valence-electron chi connectivity index (χ2n) is 4.29. The minimum atomic E-state index is -3.85. The van der Waals surface area contributed by atoms with E-state index in [1.807, 2.05) is 32.0 Å². The van der Waals surface area contributed by atoms with Gasteiger partial charge < -0.3 is 0 Å². The van der Waals surface area contributed by atoms with Crippen molar-refractivity contribution >= 4 is 10.0 Å². The van der Waals surface area contributed by atoms with Gasteiger partial charge in [0.1, 0.15) is 0 Å². The van der Waals surface area contributed by atoms with Crippen LogP contribution in [-0.4, -0.2) is 23.2 Å². The summed E-state index contributed by atoms with van der Waals surface area (Å²) in [7, 11) is -2.28. The molecular weight excluding hydrogens is 252 g/mol. The number of benzene rings is 1. The number of aryl methyl sites for hydroxylation is 2. The van der Waals surface area contributed by atoms with E-state index in [-0.39, 0.29) is 5.16 Å². The van der Waals surface area contributed by atoms with Crippen LogP contribution in [0.1, 0.15) is 11.1 Å². The molecule has 0 aliphatic rings. The van der Waals surface area contributed by atoms with Crippen LogP contribution in [0.5, 0.6) is 0 Å². The smallest absolute Gasteiger partial charge is 0.273 e. The fourth-order valence-electron chi connectivity index (χ4n) is 1.92. The van der Waals surface area contributed by atoms with Crippen LogP contribution in [0.4, 0.5) is 0 Å². The standard InChI is InChI=1S/C11H14N4O2S/c1-7-4-8(2)6-9(5-7)10-13-14-11(15(10)3)18(12,16)17/h4-6H,1-3H3,(H2,12,16,17). The maximum atomic E-state index is 11.3. The first-order chi connectivity index (χ1) is 8.29. The van der Waals surface area contributed by atoms with E-state index in [9.17, 15) is 8.42 Å². The van der Waals surface area contributed by atoms with Crippen LogP contribution in [0.25, 0.3) is 11.4 Å². The van der Waals surface area contributed by atoms with E-state index in [1.165, 1.54) is 4.57 Å². The van der Waals surface area contributed by atoms with Gasteiger partial charge in [-0.25, -0.2) is 13.6 Å². The van der Waals surface area contributed by atoms with Crippen molar-refractivity contribution in [3.05, 3.63) is 29.3 Å². The van der Waals surface area contributed by atoms with Crippen LogP contribution in [0.2, 0.25) is 0 Å². The van der Waals surface area contributed by atoms with Gasteiger partial charge in [-0.2, -0.15) is 0 Å². The molecule has 0 spiro atoms. The Morgan fingerprint density at radius 2 is 1.67 bits per heavy atom. The summed E-state index contributed by atoms with van der Waals surface area (Å²) >= 11 is 0. The molecule has 0 unspecified atom stereocenters. The molecule has 7 heteroatoms. The monoisotopic (exact) mass is 266 g/mol. The lowest BCUT2D eigenvalue weighted by Gasteiger charge is -2.05. The van der Waals surface area contributed by atoms with Gasteiger partial charge in [0.2, 0.25) is 0 Å². The first-order valence-corrected chi connectivity index (χ1v) is 6.84. The van der Waals surface area contributed by atoms with Crippen LogP contribution >= 0.6 is 0 Å². The predicted octanol–water partition coefficient (Wildman–Crippen LogP) is 0.746. The van der Waals surface area contributed by atoms with Gasteiger partial charge in [0.05, 0.1) is 0 Å². The van der Waals surface area contributed by atoms with Gasteiger partial charge >= 0.3 is 0 Å². The zero-order chi connectivity index (χ0) is 13.5. The second-order valence-corrected chi connectivity index (χ2v) is 5.74. The number of nitrogens with zero attached hydrogens (tertiary/aromatic N) is 3. The molecule has 0 amide bonds. The molecule has 1 heterocycles. The van der Waals surface area contributed by atoms with Crippen molar-refractivity contribution in [3.63, 3.8) is 0 Å². The lowest BCUT2D eigenvalue weighted by Crippen LogP contribution is -2.17. The Hall–Kier alpha value is -1.73. The third-order valence-electron chi connectivity index (χ3n) is 2.57. The average Bonchev–Trinajstić information content (AvgIpc) is 2.57. The molecule has 18 heavy (non-hydrogen) atoms. The highest BCUT2D eigenvalue weighted by atomic mass is 32.2. The van der Waals surface area contributed by atoms with Gasteiger partial charge in [-0.3, -0.25) is 4.57 Å². The van der Waals surface area contributed by atoms with Crippen LogP contribution in [0.3, 0.4) is 0 Å². The Morgan fingerprint density at radius 3 is 2.11 bits per heavy atom. The molecule has 0 bridgehead atoms. The lowest BCUT2D eigenvalue weighted by atomic mass is 10.1. The van der Waals surface area contributed by atoms with Gasteiger partial charge in [0, 0.05) is 12.6 Å². The van der Waals surface area contributed by atoms with E-state index in [0.29, 0.717) is 5.82 Å². The van der Waals surface area contributed by atoms with Crippen molar-refractivity contribution in [2.75, 3.05) is 0 Å². The largest absolute Gasteiger partial charge is 0.300 e. The summed E-state index contributed by atoms with van der Waals surface area (Å²) in [5.74, 6) is 0.478. The molecular formula is C11H14N4O2S. The quantitative estimate of drug-likeness (QED) is 0.868. The predicted molar refractivity (Wildman–Crippen MR) is 67.3 cm³/mol. The molecule has 0 saturated carbocycles. The highest BCUT2D eigenvalue weighted by Crippen LogP contribution is 2.21. The van der Waals surface area contributed by atoms with Crippen molar-refractivity contribution in [1.29, 1.82) is 0 Å². The summed E-state index contributed by atoms with van der Waals surface area (Å²) in [5, 5.41) is 12.3. The summed E-state index contributed by atoms with van der Waals surface area (Å²) in [6.45, 7) is 3.93. The number of aromatic nitrogens is 3. The van der Waals surface area contributed by atoms with Crippen molar-refractivity contribution in [2.24, 2.45) is 12.2 Å². The number of rotatable bonds is 2. The molecule has 96 valence electrons. The van der Waals surface area contributed by atoms with Gasteiger partial charge in [-0.1, -0.05) is 17.2 Å². The van der Waals surface area contributed by atoms with Gasteiger partial charge in [-0.05, 0) is 26.0 Å². The zero-order valence-corrected chi connectivity index (χ0v) is 11.2. The highest BCUT2D eigenvalue weighted by molar-refractivity contribution is 7.89. The number of nitrogens with two attached hydrogens (primary N) is 1. The fraction of sp³-hybridized carbons (Fsp3) is 0.273. The summed E-state index contributed by atoms with van der Waals surface area (Å²) in [6.07, 6.45) is 0. The van der Waals surface area contributed by atoms with E-state index < -0.39 is 10.0 Å². The Morgan fingerprint density at radius 1 is 1.11 bits per heavy atom. The Kier molecular flexibility index (Phi) is 2.95. The molecule has 0 radical (unpaired) electrons. The molecule has 0 saturated heterocycles. The Balaban J connectivity index is 2.63. The van der Waals surface area contributed by atoms with Gasteiger partial charge in [-0.15, -0.1) is 10.2 Å². The first-order valence-electron chi connectivity index (χ1n) is 5.30. The van der Waals surface area contributed by atoms with Crippen molar-refractivity contribution in [1.82, 2.24) is 14.8 Å². The molecule has 2 rings (SSSR count). The number of primary sulfonamides is 1. The van der Waals surface area contributed by atoms with Crippen LogP contribution in [-0.2, 0) is 17.1 Å². The van der Waals surface area contributed by atoms with E-state index in [4.69, 9.17) is 5.14 Å². The molecule has 6 nitrogen and oxygen atoms in total. The summed E-state index contributed by atoms with van der Waals surface area (Å²) in [4.78, 5) is 0. The molecule has 0 aliphatic heterocycles. The zero-order valence-electron chi connectivity index (χ0n) is 10.4. The first kappa shape index (κ1) is 12.7. The van der Waals surface area contributed by atoms with Gasteiger partial charge in [0.25, 0.3) is 15.2 Å². The molecule has 0 aliphatic carbocycles. The third-order valence-corrected chi connectivity index (χ3v) is 3.43. The third kappa shape index (κ3) is 2.27. The minimum Gasteiger partial charge on any atom is -0.300 e. The summed E-state index contributed by atoms with van der Waals surface area (Å²) in [6, 6.07) is 5.87. The van der Waals surface area contributed by atoms with Crippen molar-refractivity contribution < 1.29 is 8.42 Å². The summed E-state index contributed by atoms with van der Waals surface area (Å²) in [5.41, 5.74) is 2.97. The lowest BCUT2D eigenvalue weighted by molar-refractivity contribution is 0.580. The normalized spacial score (nSPS) is 11.8.